The van der Waals surface area contributed by atoms with Crippen molar-refractivity contribution in [1.82, 2.24) is 2.78 Å². The van der Waals surface area contributed by atoms with Crippen LogP contribution in [-0.4, -0.2) is 9.89 Å². The minimum absolute atomic E-state index is 0.931. The fraction of sp³-hybridized carbons (Fsp3) is 0.200. The first-order valence-corrected chi connectivity index (χ1v) is 5.01. The molecule has 0 bridgehead atoms. The van der Waals surface area contributed by atoms with Crippen molar-refractivity contribution in [1.29, 1.82) is 0 Å². The largest absolute Gasteiger partial charge is 0.495 e. The third kappa shape index (κ3) is 1.31. The molecular formula is C10H10INO. The molecule has 0 amide bonds. The van der Waals surface area contributed by atoms with Crippen molar-refractivity contribution >= 4 is 33.8 Å². The van der Waals surface area contributed by atoms with E-state index in [1.54, 1.807) is 7.11 Å². The number of methoxy groups -OCH3 is 1. The molecule has 1 aromatic heterocycles. The molecule has 1 heterocycles. The molecule has 1 aromatic carbocycles. The van der Waals surface area contributed by atoms with E-state index in [2.05, 4.69) is 44.7 Å². The van der Waals surface area contributed by atoms with E-state index in [9.17, 15) is 0 Å². The van der Waals surface area contributed by atoms with Crippen LogP contribution in [0.15, 0.2) is 24.3 Å². The van der Waals surface area contributed by atoms with Crippen LogP contribution in [0.25, 0.3) is 10.9 Å². The molecule has 0 aliphatic rings. The van der Waals surface area contributed by atoms with Gasteiger partial charge in [-0.1, -0.05) is 12.1 Å². The van der Waals surface area contributed by atoms with Crippen LogP contribution in [0, 0.1) is 6.92 Å². The lowest BCUT2D eigenvalue weighted by molar-refractivity contribution is 0.419. The lowest BCUT2D eigenvalue weighted by atomic mass is 10.2. The number of aromatic nitrogens is 1. The summed E-state index contributed by atoms with van der Waals surface area (Å²) in [5, 5.41) is 1.23. The Kier molecular flexibility index (Phi) is 2.19. The van der Waals surface area contributed by atoms with Gasteiger partial charge in [0.1, 0.15) is 5.75 Å². The topological polar surface area (TPSA) is 14.2 Å². The van der Waals surface area contributed by atoms with Crippen molar-refractivity contribution in [2.75, 3.05) is 7.11 Å². The molecule has 13 heavy (non-hydrogen) atoms. The van der Waals surface area contributed by atoms with Crippen LogP contribution in [0.1, 0.15) is 5.69 Å². The minimum Gasteiger partial charge on any atom is -0.495 e. The average molecular weight is 287 g/mol. The van der Waals surface area contributed by atoms with Gasteiger partial charge in [-0.15, -0.1) is 0 Å². The maximum Gasteiger partial charge on any atom is 0.143 e. The zero-order valence-corrected chi connectivity index (χ0v) is 9.70. The summed E-state index contributed by atoms with van der Waals surface area (Å²) < 4.78 is 7.41. The second kappa shape index (κ2) is 3.21. The molecule has 2 nitrogen and oxygen atoms in total. The van der Waals surface area contributed by atoms with Crippen molar-refractivity contribution in [2.45, 2.75) is 6.92 Å². The number of fused-ring (bicyclic) bond motifs is 1. The van der Waals surface area contributed by atoms with E-state index < -0.39 is 0 Å². The third-order valence-electron chi connectivity index (χ3n) is 2.12. The van der Waals surface area contributed by atoms with Gasteiger partial charge in [-0.25, -0.2) is 0 Å². The molecule has 0 radical (unpaired) electrons. The average Bonchev–Trinajstić information content (AvgIpc) is 2.43. The molecule has 0 aliphatic heterocycles. The summed E-state index contributed by atoms with van der Waals surface area (Å²) in [6.07, 6.45) is 0. The Morgan fingerprint density at radius 1 is 1.38 bits per heavy atom. The van der Waals surface area contributed by atoms with Gasteiger partial charge in [0.15, 0.2) is 0 Å². The van der Waals surface area contributed by atoms with Crippen LogP contribution in [0.4, 0.5) is 0 Å². The van der Waals surface area contributed by atoms with Gasteiger partial charge in [0.25, 0.3) is 0 Å². The Bertz CT molecular complexity index is 447. The highest BCUT2D eigenvalue weighted by molar-refractivity contribution is 14.1. The number of hydrogen-bond acceptors (Lipinski definition) is 1. The van der Waals surface area contributed by atoms with E-state index in [-0.39, 0.29) is 0 Å². The predicted octanol–water partition coefficient (Wildman–Crippen LogP) is 3.16. The van der Waals surface area contributed by atoms with Gasteiger partial charge in [-0.2, -0.15) is 0 Å². The van der Waals surface area contributed by atoms with Crippen molar-refractivity contribution in [3.63, 3.8) is 0 Å². The molecule has 2 rings (SSSR count). The highest BCUT2D eigenvalue weighted by Crippen LogP contribution is 2.29. The SMILES string of the molecule is COc1cccc2cc(C)n(I)c12. The number of hydrogen-bond donors (Lipinski definition) is 0. The normalized spacial score (nSPS) is 10.7. The minimum atomic E-state index is 0.931. The van der Waals surface area contributed by atoms with Gasteiger partial charge in [0.2, 0.25) is 0 Å². The second-order valence-corrected chi connectivity index (χ2v) is 3.93. The zero-order chi connectivity index (χ0) is 9.42. The molecule has 0 spiro atoms. The summed E-state index contributed by atoms with van der Waals surface area (Å²) in [4.78, 5) is 0. The number of halogens is 1. The number of aryl methyl sites for hydroxylation is 1. The summed E-state index contributed by atoms with van der Waals surface area (Å²) in [5.74, 6) is 0.931. The molecule has 0 atom stereocenters. The Hall–Kier alpha value is -0.710. The van der Waals surface area contributed by atoms with Crippen molar-refractivity contribution in [3.05, 3.63) is 30.0 Å². The number of nitrogens with zero attached hydrogens (tertiary/aromatic N) is 1. The quantitative estimate of drug-likeness (QED) is 0.735. The van der Waals surface area contributed by atoms with Crippen molar-refractivity contribution in [3.8, 4) is 5.75 Å². The monoisotopic (exact) mass is 287 g/mol. The lowest BCUT2D eigenvalue weighted by Gasteiger charge is -2.03. The second-order valence-electron chi connectivity index (χ2n) is 2.96. The van der Waals surface area contributed by atoms with Crippen LogP contribution in [-0.2, 0) is 0 Å². The maximum absolute atomic E-state index is 5.30. The van der Waals surface area contributed by atoms with Crippen LogP contribution < -0.4 is 4.74 Å². The lowest BCUT2D eigenvalue weighted by Crippen LogP contribution is -1.87. The van der Waals surface area contributed by atoms with Crippen LogP contribution in [0.3, 0.4) is 0 Å². The Morgan fingerprint density at radius 2 is 2.15 bits per heavy atom. The highest BCUT2D eigenvalue weighted by atomic mass is 127. The predicted molar refractivity (Wildman–Crippen MR) is 62.6 cm³/mol. The standard InChI is InChI=1S/C10H10INO/c1-7-6-8-4-3-5-9(13-2)10(8)12(7)11/h3-6H,1-2H3. The van der Waals surface area contributed by atoms with E-state index in [1.807, 2.05) is 12.1 Å². The maximum atomic E-state index is 5.30. The number of rotatable bonds is 1. The first kappa shape index (κ1) is 8.87. The van der Waals surface area contributed by atoms with E-state index in [0.29, 0.717) is 0 Å². The van der Waals surface area contributed by atoms with Crippen molar-refractivity contribution < 1.29 is 4.74 Å². The van der Waals surface area contributed by atoms with Crippen molar-refractivity contribution in [2.24, 2.45) is 0 Å². The highest BCUT2D eigenvalue weighted by Gasteiger charge is 2.07. The van der Waals surface area contributed by atoms with Gasteiger partial charge in [-0.05, 0) is 19.1 Å². The summed E-state index contributed by atoms with van der Waals surface area (Å²) in [5.41, 5.74) is 2.39. The molecule has 0 unspecified atom stereocenters. The van der Waals surface area contributed by atoms with Gasteiger partial charge < -0.3 is 4.74 Å². The number of benzene rings is 1. The van der Waals surface area contributed by atoms with E-state index in [4.69, 9.17) is 4.74 Å². The smallest absolute Gasteiger partial charge is 0.143 e. The van der Waals surface area contributed by atoms with Crippen LogP contribution in [0.2, 0.25) is 0 Å². The first-order valence-electron chi connectivity index (χ1n) is 4.05. The summed E-state index contributed by atoms with van der Waals surface area (Å²) in [6, 6.07) is 8.25. The van der Waals surface area contributed by atoms with E-state index in [0.717, 1.165) is 11.3 Å². The zero-order valence-electron chi connectivity index (χ0n) is 7.54. The van der Waals surface area contributed by atoms with E-state index >= 15 is 0 Å². The summed E-state index contributed by atoms with van der Waals surface area (Å²) in [7, 11) is 1.70. The molecule has 0 N–H and O–H groups in total. The van der Waals surface area contributed by atoms with Gasteiger partial charge in [0.05, 0.1) is 35.5 Å². The van der Waals surface area contributed by atoms with Gasteiger partial charge >= 0.3 is 0 Å². The fourth-order valence-electron chi connectivity index (χ4n) is 1.49. The molecule has 0 fully saturated rings. The fourth-order valence-corrected chi connectivity index (χ4v) is 2.14. The first-order chi connectivity index (χ1) is 6.24. The molecule has 68 valence electrons. The number of para-hydroxylation sites is 1. The molecular weight excluding hydrogens is 277 g/mol. The Balaban J connectivity index is 2.87. The van der Waals surface area contributed by atoms with E-state index in [1.165, 1.54) is 11.1 Å². The van der Waals surface area contributed by atoms with Gasteiger partial charge in [-0.3, -0.25) is 2.78 Å². The summed E-state index contributed by atoms with van der Waals surface area (Å²) >= 11 is 2.28. The number of ether oxygens (including phenoxy) is 1. The Labute approximate surface area is 91.0 Å². The Morgan fingerprint density at radius 3 is 2.85 bits per heavy atom. The molecule has 0 saturated heterocycles. The molecule has 3 heteroatoms. The molecule has 2 aromatic rings. The summed E-state index contributed by atoms with van der Waals surface area (Å²) in [6.45, 7) is 2.09. The van der Waals surface area contributed by atoms with Gasteiger partial charge in [0, 0.05) is 11.1 Å². The van der Waals surface area contributed by atoms with Crippen LogP contribution >= 0.6 is 22.9 Å². The molecule has 0 saturated carbocycles. The molecule has 0 aliphatic carbocycles. The third-order valence-corrected chi connectivity index (χ3v) is 3.36. The van der Waals surface area contributed by atoms with Crippen LogP contribution in [0.5, 0.6) is 5.75 Å².